The van der Waals surface area contributed by atoms with Crippen molar-refractivity contribution in [2.24, 2.45) is 0 Å². The summed E-state index contributed by atoms with van der Waals surface area (Å²) in [7, 11) is 0. The number of hydrogen-bond acceptors (Lipinski definition) is 6. The fraction of sp³-hybridized carbons (Fsp3) is 0.310. The minimum Gasteiger partial charge on any atom is -0.457 e. The van der Waals surface area contributed by atoms with Crippen LogP contribution in [0.25, 0.3) is 0 Å². The van der Waals surface area contributed by atoms with Gasteiger partial charge in [-0.05, 0) is 16.7 Å². The van der Waals surface area contributed by atoms with Crippen LogP contribution in [-0.2, 0) is 29.4 Å². The van der Waals surface area contributed by atoms with E-state index in [1.165, 1.54) is 6.92 Å². The van der Waals surface area contributed by atoms with Gasteiger partial charge in [-0.2, -0.15) is 0 Å². The van der Waals surface area contributed by atoms with E-state index in [0.29, 0.717) is 0 Å². The van der Waals surface area contributed by atoms with Crippen molar-refractivity contribution in [3.63, 3.8) is 0 Å². The lowest BCUT2D eigenvalue weighted by Crippen LogP contribution is -2.64. The number of aliphatic hydroxyl groups is 1. The molecule has 1 amide bonds. The summed E-state index contributed by atoms with van der Waals surface area (Å²) in [5.74, 6) is -1.27. The molecule has 0 bridgehead atoms. The minimum absolute atomic E-state index is 0.290. The van der Waals surface area contributed by atoms with E-state index < -0.39 is 48.2 Å². The van der Waals surface area contributed by atoms with Crippen molar-refractivity contribution < 1.29 is 33.3 Å². The molecular weight excluding hydrogens is 477 g/mol. The summed E-state index contributed by atoms with van der Waals surface area (Å²) in [6.07, 6.45) is -6.25. The highest BCUT2D eigenvalue weighted by atomic mass is 19.1. The maximum atomic E-state index is 15.8. The number of ether oxygens (including phenoxy) is 3. The molecule has 2 N–H and O–H groups in total. The van der Waals surface area contributed by atoms with Gasteiger partial charge >= 0.3 is 5.97 Å². The Balaban J connectivity index is 1.73. The summed E-state index contributed by atoms with van der Waals surface area (Å²) >= 11 is 0. The SMILES string of the molecule is CC(=O)N[C@H]1[C@@H](OC(C)=O)[C@H](F)[C@@H](COC(c2ccccc2)(c2ccccc2)c2ccccc2)O[C@@H]1O. The van der Waals surface area contributed by atoms with Crippen LogP contribution in [-0.4, -0.2) is 54.3 Å². The van der Waals surface area contributed by atoms with Crippen molar-refractivity contribution >= 4 is 11.9 Å². The zero-order chi connectivity index (χ0) is 26.4. The van der Waals surface area contributed by atoms with Gasteiger partial charge in [0.05, 0.1) is 6.61 Å². The Bertz CT molecular complexity index is 1080. The van der Waals surface area contributed by atoms with E-state index in [9.17, 15) is 14.7 Å². The molecule has 0 saturated carbocycles. The van der Waals surface area contributed by atoms with E-state index in [1.54, 1.807) is 0 Å². The first kappa shape index (κ1) is 26.5. The van der Waals surface area contributed by atoms with Gasteiger partial charge in [0.2, 0.25) is 5.91 Å². The molecule has 5 atom stereocenters. The van der Waals surface area contributed by atoms with Crippen LogP contribution < -0.4 is 5.32 Å². The first-order valence-corrected chi connectivity index (χ1v) is 12.1. The molecule has 8 heteroatoms. The number of carbonyl (C=O) groups is 2. The van der Waals surface area contributed by atoms with Crippen LogP contribution in [0.3, 0.4) is 0 Å². The van der Waals surface area contributed by atoms with Gasteiger partial charge < -0.3 is 24.6 Å². The molecule has 0 unspecified atom stereocenters. The van der Waals surface area contributed by atoms with Gasteiger partial charge in [0, 0.05) is 13.8 Å². The Morgan fingerprint density at radius 1 is 0.892 bits per heavy atom. The minimum atomic E-state index is -1.89. The predicted octanol–water partition coefficient (Wildman–Crippen LogP) is 3.49. The molecule has 7 nitrogen and oxygen atoms in total. The average molecular weight is 508 g/mol. The number of rotatable bonds is 8. The normalized spacial score (nSPS) is 23.7. The third-order valence-corrected chi connectivity index (χ3v) is 6.32. The van der Waals surface area contributed by atoms with Gasteiger partial charge in [0.1, 0.15) is 17.7 Å². The maximum Gasteiger partial charge on any atom is 0.303 e. The molecule has 0 aromatic heterocycles. The van der Waals surface area contributed by atoms with Gasteiger partial charge in [-0.1, -0.05) is 91.0 Å². The second kappa shape index (κ2) is 11.6. The lowest BCUT2D eigenvalue weighted by Gasteiger charge is -2.43. The van der Waals surface area contributed by atoms with Crippen LogP contribution in [0.2, 0.25) is 0 Å². The highest BCUT2D eigenvalue weighted by Crippen LogP contribution is 2.41. The maximum absolute atomic E-state index is 15.8. The number of amides is 1. The first-order valence-electron chi connectivity index (χ1n) is 12.1. The quantitative estimate of drug-likeness (QED) is 0.358. The molecule has 0 aliphatic carbocycles. The summed E-state index contributed by atoms with van der Waals surface area (Å²) in [6.45, 7) is 2.06. The van der Waals surface area contributed by atoms with E-state index in [1.807, 2.05) is 91.0 Å². The van der Waals surface area contributed by atoms with Crippen molar-refractivity contribution in [1.82, 2.24) is 5.32 Å². The number of halogens is 1. The fourth-order valence-corrected chi connectivity index (χ4v) is 4.74. The molecule has 3 aromatic carbocycles. The Morgan fingerprint density at radius 3 is 1.76 bits per heavy atom. The summed E-state index contributed by atoms with van der Waals surface area (Å²) in [5.41, 5.74) is 1.30. The third kappa shape index (κ3) is 5.72. The lowest BCUT2D eigenvalue weighted by atomic mass is 9.80. The topological polar surface area (TPSA) is 94.1 Å². The summed E-state index contributed by atoms with van der Waals surface area (Å²) in [6, 6.07) is 27.4. The average Bonchev–Trinajstić information content (AvgIpc) is 2.90. The molecule has 1 aliphatic heterocycles. The molecule has 3 aromatic rings. The van der Waals surface area contributed by atoms with Gasteiger partial charge in [-0.25, -0.2) is 4.39 Å². The molecular formula is C29H30FNO6. The van der Waals surface area contributed by atoms with E-state index in [2.05, 4.69) is 5.32 Å². The number of alkyl halides is 1. The molecule has 194 valence electrons. The second-order valence-corrected chi connectivity index (χ2v) is 8.90. The Morgan fingerprint density at radius 2 is 1.35 bits per heavy atom. The van der Waals surface area contributed by atoms with E-state index >= 15 is 4.39 Å². The Labute approximate surface area is 215 Å². The molecule has 4 rings (SSSR count). The van der Waals surface area contributed by atoms with Crippen molar-refractivity contribution in [1.29, 1.82) is 0 Å². The monoisotopic (exact) mass is 507 g/mol. The van der Waals surface area contributed by atoms with E-state index in [0.717, 1.165) is 23.6 Å². The molecule has 1 heterocycles. The predicted molar refractivity (Wildman–Crippen MR) is 134 cm³/mol. The number of aliphatic hydroxyl groups excluding tert-OH is 1. The zero-order valence-corrected chi connectivity index (χ0v) is 20.6. The van der Waals surface area contributed by atoms with Crippen molar-refractivity contribution in [2.45, 2.75) is 50.2 Å². The van der Waals surface area contributed by atoms with Crippen molar-refractivity contribution in [3.05, 3.63) is 108 Å². The van der Waals surface area contributed by atoms with Gasteiger partial charge in [-0.3, -0.25) is 9.59 Å². The molecule has 1 fully saturated rings. The number of esters is 1. The second-order valence-electron chi connectivity index (χ2n) is 8.90. The third-order valence-electron chi connectivity index (χ3n) is 6.32. The van der Waals surface area contributed by atoms with Crippen LogP contribution in [0.5, 0.6) is 0 Å². The molecule has 0 spiro atoms. The van der Waals surface area contributed by atoms with Gasteiger partial charge in [0.25, 0.3) is 0 Å². The Kier molecular flexibility index (Phi) is 8.33. The Hall–Kier alpha value is -3.59. The van der Waals surface area contributed by atoms with Crippen molar-refractivity contribution in [2.75, 3.05) is 6.61 Å². The highest BCUT2D eigenvalue weighted by molar-refractivity contribution is 5.73. The van der Waals surface area contributed by atoms with Crippen LogP contribution in [0.1, 0.15) is 30.5 Å². The van der Waals surface area contributed by atoms with E-state index in [4.69, 9.17) is 14.2 Å². The molecule has 0 radical (unpaired) electrons. The number of carbonyl (C=O) groups excluding carboxylic acids is 2. The standard InChI is InChI=1S/C29H30FNO6/c1-19(32)31-26-27(36-20(2)33)25(30)24(37-28(26)34)18-35-29(21-12-6-3-7-13-21,22-14-8-4-9-15-22)23-16-10-5-11-17-23/h3-17,24-28,34H,18H2,1-2H3,(H,31,32)/t24-,25-,26+,27+,28+/m1/s1. The van der Waals surface area contributed by atoms with Crippen LogP contribution in [0.4, 0.5) is 4.39 Å². The summed E-state index contributed by atoms with van der Waals surface area (Å²) in [4.78, 5) is 23.4. The lowest BCUT2D eigenvalue weighted by molar-refractivity contribution is -0.252. The summed E-state index contributed by atoms with van der Waals surface area (Å²) < 4.78 is 33.2. The van der Waals surface area contributed by atoms with Crippen LogP contribution in [0, 0.1) is 0 Å². The van der Waals surface area contributed by atoms with Crippen LogP contribution >= 0.6 is 0 Å². The molecule has 1 aliphatic rings. The molecule has 1 saturated heterocycles. The largest absolute Gasteiger partial charge is 0.457 e. The number of hydrogen-bond donors (Lipinski definition) is 2. The summed E-state index contributed by atoms with van der Waals surface area (Å²) in [5, 5.41) is 13.0. The van der Waals surface area contributed by atoms with Gasteiger partial charge in [-0.15, -0.1) is 0 Å². The first-order chi connectivity index (χ1) is 17.8. The van der Waals surface area contributed by atoms with Crippen LogP contribution in [0.15, 0.2) is 91.0 Å². The number of benzene rings is 3. The van der Waals surface area contributed by atoms with Crippen molar-refractivity contribution in [3.8, 4) is 0 Å². The van der Waals surface area contributed by atoms with E-state index in [-0.39, 0.29) is 6.61 Å². The zero-order valence-electron chi connectivity index (χ0n) is 20.6. The van der Waals surface area contributed by atoms with Gasteiger partial charge in [0.15, 0.2) is 18.6 Å². The molecule has 37 heavy (non-hydrogen) atoms. The smallest absolute Gasteiger partial charge is 0.303 e. The number of nitrogens with one attached hydrogen (secondary N) is 1. The highest BCUT2D eigenvalue weighted by Gasteiger charge is 2.49. The fourth-order valence-electron chi connectivity index (χ4n) is 4.74.